The molecule has 34 heavy (non-hydrogen) atoms. The highest BCUT2D eigenvalue weighted by Gasteiger charge is 2.17. The zero-order chi connectivity index (χ0) is 22.5. The van der Waals surface area contributed by atoms with Gasteiger partial charge in [0.1, 0.15) is 0 Å². The molecule has 0 amide bonds. The number of aromatic nitrogens is 3. The van der Waals surface area contributed by atoms with E-state index in [-0.39, 0.29) is 0 Å². The van der Waals surface area contributed by atoms with E-state index in [0.29, 0.717) is 0 Å². The number of fused-ring (bicyclic) bond motifs is 7. The molecular formula is C31H19N3. The maximum Gasteiger partial charge on any atom is 0.0986 e. The highest BCUT2D eigenvalue weighted by Crippen LogP contribution is 2.39. The molecule has 158 valence electrons. The van der Waals surface area contributed by atoms with Crippen molar-refractivity contribution in [1.82, 2.24) is 15.0 Å². The minimum atomic E-state index is 0.885. The van der Waals surface area contributed by atoms with Crippen LogP contribution in [0, 0.1) is 0 Å². The largest absolute Gasteiger partial charge is 0.254 e. The molecule has 3 heterocycles. The molecule has 0 aliphatic carbocycles. The van der Waals surface area contributed by atoms with Crippen LogP contribution in [-0.4, -0.2) is 15.0 Å². The summed E-state index contributed by atoms with van der Waals surface area (Å²) in [4.78, 5) is 14.7. The average molecular weight is 434 g/mol. The van der Waals surface area contributed by atoms with Crippen molar-refractivity contribution in [3.05, 3.63) is 116 Å². The fourth-order valence-electron chi connectivity index (χ4n) is 4.91. The first-order chi connectivity index (χ1) is 16.9. The van der Waals surface area contributed by atoms with Gasteiger partial charge in [0, 0.05) is 39.7 Å². The van der Waals surface area contributed by atoms with Gasteiger partial charge < -0.3 is 0 Å². The Morgan fingerprint density at radius 3 is 1.97 bits per heavy atom. The summed E-state index contributed by atoms with van der Waals surface area (Å²) < 4.78 is 0. The molecule has 0 spiro atoms. The third kappa shape index (κ3) is 2.87. The van der Waals surface area contributed by atoms with Gasteiger partial charge in [0.2, 0.25) is 0 Å². The third-order valence-corrected chi connectivity index (χ3v) is 6.52. The quantitative estimate of drug-likeness (QED) is 0.261. The van der Waals surface area contributed by atoms with Crippen LogP contribution in [0.15, 0.2) is 116 Å². The molecule has 0 atom stereocenters. The van der Waals surface area contributed by atoms with Crippen LogP contribution in [0.2, 0.25) is 0 Å². The van der Waals surface area contributed by atoms with E-state index >= 15 is 0 Å². The summed E-state index contributed by atoms with van der Waals surface area (Å²) in [6.07, 6.45) is 3.65. The first kappa shape index (κ1) is 18.9. The molecule has 0 aliphatic heterocycles. The Morgan fingerprint density at radius 1 is 0.441 bits per heavy atom. The standard InChI is InChI=1S/C31H19N3/c1-2-9-21(10-3-1)28-26(23-15-14-20-8-4-5-11-22(20)18-23)19-27-24-12-6-16-32-30(24)31-25(29(27)34-28)13-7-17-33-31/h1-19H. The molecule has 0 N–H and O–H groups in total. The number of hydrogen-bond acceptors (Lipinski definition) is 3. The monoisotopic (exact) mass is 433 g/mol. The average Bonchev–Trinajstić information content (AvgIpc) is 2.93. The molecule has 0 radical (unpaired) electrons. The Morgan fingerprint density at radius 2 is 1.15 bits per heavy atom. The molecule has 0 bridgehead atoms. The summed E-state index contributed by atoms with van der Waals surface area (Å²) >= 11 is 0. The maximum absolute atomic E-state index is 5.31. The number of pyridine rings is 3. The SMILES string of the molecule is c1ccc(-c2nc3c(cc2-c2ccc4ccccc4c2)c2cccnc2c2ncccc32)cc1. The van der Waals surface area contributed by atoms with Crippen molar-refractivity contribution in [1.29, 1.82) is 0 Å². The molecule has 4 aromatic carbocycles. The number of hydrogen-bond donors (Lipinski definition) is 0. The second-order valence-corrected chi connectivity index (χ2v) is 8.51. The lowest BCUT2D eigenvalue weighted by Gasteiger charge is -2.15. The Labute approximate surface area is 196 Å². The first-order valence-corrected chi connectivity index (χ1v) is 11.4. The maximum atomic E-state index is 5.31. The molecule has 7 rings (SSSR count). The van der Waals surface area contributed by atoms with E-state index in [2.05, 4.69) is 89.9 Å². The van der Waals surface area contributed by atoms with Gasteiger partial charge >= 0.3 is 0 Å². The highest BCUT2D eigenvalue weighted by atomic mass is 14.8. The van der Waals surface area contributed by atoms with Gasteiger partial charge in [0.25, 0.3) is 0 Å². The molecule has 0 saturated carbocycles. The fourth-order valence-corrected chi connectivity index (χ4v) is 4.91. The zero-order valence-electron chi connectivity index (χ0n) is 18.3. The van der Waals surface area contributed by atoms with Gasteiger partial charge in [-0.3, -0.25) is 9.97 Å². The molecule has 0 saturated heterocycles. The lowest BCUT2D eigenvalue weighted by atomic mass is 9.93. The van der Waals surface area contributed by atoms with E-state index in [0.717, 1.165) is 55.1 Å². The van der Waals surface area contributed by atoms with E-state index in [9.17, 15) is 0 Å². The fraction of sp³-hybridized carbons (Fsp3) is 0. The summed E-state index contributed by atoms with van der Waals surface area (Å²) in [6.45, 7) is 0. The van der Waals surface area contributed by atoms with Crippen LogP contribution in [0.3, 0.4) is 0 Å². The molecule has 3 aromatic heterocycles. The van der Waals surface area contributed by atoms with Gasteiger partial charge in [-0.1, -0.05) is 72.8 Å². The summed E-state index contributed by atoms with van der Waals surface area (Å²) in [6, 6.07) is 36.0. The van der Waals surface area contributed by atoms with Crippen LogP contribution in [0.4, 0.5) is 0 Å². The molecule has 3 nitrogen and oxygen atoms in total. The molecular weight excluding hydrogens is 414 g/mol. The Kier molecular flexibility index (Phi) is 4.15. The molecule has 3 heteroatoms. The third-order valence-electron chi connectivity index (χ3n) is 6.52. The molecule has 0 aliphatic rings. The van der Waals surface area contributed by atoms with Crippen molar-refractivity contribution in [2.24, 2.45) is 0 Å². The smallest absolute Gasteiger partial charge is 0.0986 e. The Hall–Kier alpha value is -4.63. The Balaban J connectivity index is 1.65. The minimum absolute atomic E-state index is 0.885. The van der Waals surface area contributed by atoms with Crippen molar-refractivity contribution in [3.8, 4) is 22.4 Å². The number of rotatable bonds is 2. The predicted octanol–water partition coefficient (Wildman–Crippen LogP) is 7.82. The van der Waals surface area contributed by atoms with Gasteiger partial charge in [-0.15, -0.1) is 0 Å². The normalized spacial score (nSPS) is 11.5. The zero-order valence-corrected chi connectivity index (χ0v) is 18.3. The molecule has 7 aromatic rings. The van der Waals surface area contributed by atoms with Crippen LogP contribution in [0.5, 0.6) is 0 Å². The number of nitrogens with zero attached hydrogens (tertiary/aromatic N) is 3. The first-order valence-electron chi connectivity index (χ1n) is 11.4. The predicted molar refractivity (Wildman–Crippen MR) is 141 cm³/mol. The van der Waals surface area contributed by atoms with E-state index in [1.165, 1.54) is 10.8 Å². The van der Waals surface area contributed by atoms with Crippen molar-refractivity contribution in [3.63, 3.8) is 0 Å². The minimum Gasteiger partial charge on any atom is -0.254 e. The Bertz CT molecular complexity index is 1860. The van der Waals surface area contributed by atoms with Crippen LogP contribution in [0.1, 0.15) is 0 Å². The second-order valence-electron chi connectivity index (χ2n) is 8.51. The van der Waals surface area contributed by atoms with E-state index in [1.807, 2.05) is 30.6 Å². The molecule has 0 unspecified atom stereocenters. The van der Waals surface area contributed by atoms with Crippen molar-refractivity contribution in [2.45, 2.75) is 0 Å². The van der Waals surface area contributed by atoms with Gasteiger partial charge in [-0.2, -0.15) is 0 Å². The van der Waals surface area contributed by atoms with Gasteiger partial charge in [0.15, 0.2) is 0 Å². The summed E-state index contributed by atoms with van der Waals surface area (Å²) in [5, 5.41) is 5.62. The van der Waals surface area contributed by atoms with Gasteiger partial charge in [-0.25, -0.2) is 4.98 Å². The van der Waals surface area contributed by atoms with Crippen molar-refractivity contribution < 1.29 is 0 Å². The lowest BCUT2D eigenvalue weighted by molar-refractivity contribution is 1.36. The van der Waals surface area contributed by atoms with Crippen LogP contribution in [-0.2, 0) is 0 Å². The summed E-state index contributed by atoms with van der Waals surface area (Å²) in [5.74, 6) is 0. The van der Waals surface area contributed by atoms with Gasteiger partial charge in [-0.05, 0) is 46.7 Å². The van der Waals surface area contributed by atoms with Gasteiger partial charge in [0.05, 0.1) is 22.2 Å². The lowest BCUT2D eigenvalue weighted by Crippen LogP contribution is -1.95. The summed E-state index contributed by atoms with van der Waals surface area (Å²) in [7, 11) is 0. The molecule has 0 fully saturated rings. The van der Waals surface area contributed by atoms with E-state index in [1.54, 1.807) is 0 Å². The second kappa shape index (κ2) is 7.46. The van der Waals surface area contributed by atoms with E-state index < -0.39 is 0 Å². The van der Waals surface area contributed by atoms with Crippen molar-refractivity contribution in [2.75, 3.05) is 0 Å². The number of benzene rings is 4. The van der Waals surface area contributed by atoms with Crippen LogP contribution in [0.25, 0.3) is 65.9 Å². The van der Waals surface area contributed by atoms with Crippen LogP contribution >= 0.6 is 0 Å². The van der Waals surface area contributed by atoms with E-state index in [4.69, 9.17) is 9.97 Å². The summed E-state index contributed by atoms with van der Waals surface area (Å²) in [5.41, 5.74) is 7.06. The van der Waals surface area contributed by atoms with Crippen LogP contribution < -0.4 is 0 Å². The topological polar surface area (TPSA) is 38.7 Å². The highest BCUT2D eigenvalue weighted by molar-refractivity contribution is 6.22. The van der Waals surface area contributed by atoms with Crippen molar-refractivity contribution >= 4 is 43.5 Å².